The van der Waals surface area contributed by atoms with E-state index >= 15 is 0 Å². The quantitative estimate of drug-likeness (QED) is 0.699. The Morgan fingerprint density at radius 3 is 2.54 bits per heavy atom. The number of methoxy groups -OCH3 is 1. The zero-order valence-corrected chi connectivity index (χ0v) is 15.5. The lowest BCUT2D eigenvalue weighted by atomic mass is 10.1. The third-order valence-electron chi connectivity index (χ3n) is 2.99. The molecule has 142 valence electrons. The summed E-state index contributed by atoms with van der Waals surface area (Å²) in [5.41, 5.74) is 1.51. The summed E-state index contributed by atoms with van der Waals surface area (Å²) in [6.45, 7) is 8.12. The van der Waals surface area contributed by atoms with Gasteiger partial charge >= 0.3 is 0 Å². The molecule has 1 rings (SSSR count). The first-order chi connectivity index (χ1) is 12.4. The highest BCUT2D eigenvalue weighted by Gasteiger charge is 1.99. The van der Waals surface area contributed by atoms with Gasteiger partial charge in [0.2, 0.25) is 11.8 Å². The summed E-state index contributed by atoms with van der Waals surface area (Å²) in [6, 6.07) is 6.23. The van der Waals surface area contributed by atoms with Gasteiger partial charge in [0.25, 0.3) is 0 Å². The standard InChI is InChI=1S/C17H19FN2O2.C3H8O/c1-3-14(15-8-6-9-16(18)11-15)7-4-5-10-19-17(22)12-20-13(2)21;1-3-4-2/h3-9,11H,1,10,12H2,2H3,(H,19,22)(H,20,21);3H2,1-2H3/b5-4+,14-7+;. The Morgan fingerprint density at radius 2 is 2.00 bits per heavy atom. The average molecular weight is 362 g/mol. The normalized spacial score (nSPS) is 10.7. The van der Waals surface area contributed by atoms with Crippen LogP contribution in [0.1, 0.15) is 19.4 Å². The van der Waals surface area contributed by atoms with E-state index < -0.39 is 0 Å². The fourth-order valence-electron chi connectivity index (χ4n) is 1.63. The van der Waals surface area contributed by atoms with Gasteiger partial charge in [-0.2, -0.15) is 0 Å². The molecule has 0 aliphatic heterocycles. The molecule has 0 spiro atoms. The highest BCUT2D eigenvalue weighted by atomic mass is 19.1. The van der Waals surface area contributed by atoms with Crippen molar-refractivity contribution in [2.45, 2.75) is 13.8 Å². The number of carbonyl (C=O) groups is 2. The topological polar surface area (TPSA) is 67.4 Å². The van der Waals surface area contributed by atoms with E-state index in [-0.39, 0.29) is 24.2 Å². The molecule has 0 aliphatic rings. The second kappa shape index (κ2) is 14.6. The number of halogens is 1. The maximum absolute atomic E-state index is 13.2. The minimum atomic E-state index is -0.306. The van der Waals surface area contributed by atoms with Gasteiger partial charge in [0, 0.05) is 27.2 Å². The van der Waals surface area contributed by atoms with Crippen LogP contribution >= 0.6 is 0 Å². The molecule has 0 fully saturated rings. The van der Waals surface area contributed by atoms with Crippen LogP contribution in [0.2, 0.25) is 0 Å². The van der Waals surface area contributed by atoms with E-state index in [9.17, 15) is 14.0 Å². The van der Waals surface area contributed by atoms with Crippen molar-refractivity contribution in [3.8, 4) is 0 Å². The molecule has 0 unspecified atom stereocenters. The third-order valence-corrected chi connectivity index (χ3v) is 2.99. The number of carbonyl (C=O) groups excluding carboxylic acids is 2. The highest BCUT2D eigenvalue weighted by molar-refractivity contribution is 5.83. The molecular formula is C20H27FN2O3. The number of amides is 2. The Morgan fingerprint density at radius 1 is 1.31 bits per heavy atom. The Bertz CT molecular complexity index is 638. The Kier molecular flexibility index (Phi) is 13.1. The number of rotatable bonds is 8. The lowest BCUT2D eigenvalue weighted by Gasteiger charge is -2.02. The fourth-order valence-corrected chi connectivity index (χ4v) is 1.63. The first-order valence-electron chi connectivity index (χ1n) is 8.19. The van der Waals surface area contributed by atoms with Gasteiger partial charge in [0.15, 0.2) is 0 Å². The van der Waals surface area contributed by atoms with Crippen LogP contribution in [0, 0.1) is 5.82 Å². The van der Waals surface area contributed by atoms with Gasteiger partial charge in [0.1, 0.15) is 5.82 Å². The molecule has 1 aromatic carbocycles. The van der Waals surface area contributed by atoms with Crippen molar-refractivity contribution in [2.24, 2.45) is 0 Å². The second-order valence-corrected chi connectivity index (χ2v) is 5.06. The smallest absolute Gasteiger partial charge is 0.239 e. The van der Waals surface area contributed by atoms with Crippen molar-refractivity contribution in [2.75, 3.05) is 26.8 Å². The maximum atomic E-state index is 13.2. The van der Waals surface area contributed by atoms with E-state index in [4.69, 9.17) is 0 Å². The van der Waals surface area contributed by atoms with E-state index in [0.29, 0.717) is 6.54 Å². The van der Waals surface area contributed by atoms with Crippen molar-refractivity contribution in [1.29, 1.82) is 0 Å². The molecule has 5 nitrogen and oxygen atoms in total. The predicted octanol–water partition coefficient (Wildman–Crippen LogP) is 2.86. The van der Waals surface area contributed by atoms with E-state index in [0.717, 1.165) is 17.7 Å². The molecule has 0 aliphatic carbocycles. The summed E-state index contributed by atoms with van der Waals surface area (Å²) in [4.78, 5) is 22.0. The lowest BCUT2D eigenvalue weighted by molar-refractivity contribution is -0.124. The predicted molar refractivity (Wildman–Crippen MR) is 103 cm³/mol. The molecule has 2 N–H and O–H groups in total. The van der Waals surface area contributed by atoms with Crippen molar-refractivity contribution in [3.05, 3.63) is 66.5 Å². The number of ether oxygens (including phenoxy) is 1. The van der Waals surface area contributed by atoms with Crippen LogP contribution in [0.15, 0.2) is 55.1 Å². The monoisotopic (exact) mass is 362 g/mol. The van der Waals surface area contributed by atoms with E-state index in [1.54, 1.807) is 43.5 Å². The summed E-state index contributed by atoms with van der Waals surface area (Å²) >= 11 is 0. The van der Waals surface area contributed by atoms with Gasteiger partial charge in [-0.1, -0.05) is 43.0 Å². The van der Waals surface area contributed by atoms with Gasteiger partial charge in [-0.3, -0.25) is 9.59 Å². The summed E-state index contributed by atoms with van der Waals surface area (Å²) in [5.74, 6) is -0.822. The first kappa shape index (κ1) is 23.3. The van der Waals surface area contributed by atoms with E-state index in [1.807, 2.05) is 6.92 Å². The molecule has 1 aromatic rings. The fraction of sp³-hybridized carbons (Fsp3) is 0.300. The Hall–Kier alpha value is -2.73. The maximum Gasteiger partial charge on any atom is 0.239 e. The number of hydrogen-bond acceptors (Lipinski definition) is 3. The molecule has 6 heteroatoms. The summed E-state index contributed by atoms with van der Waals surface area (Å²) < 4.78 is 17.7. The van der Waals surface area contributed by atoms with Crippen LogP contribution in [0.5, 0.6) is 0 Å². The molecule has 0 aromatic heterocycles. The van der Waals surface area contributed by atoms with Gasteiger partial charge < -0.3 is 15.4 Å². The Balaban J connectivity index is 0.00000141. The van der Waals surface area contributed by atoms with Gasteiger partial charge in [0.05, 0.1) is 6.54 Å². The number of nitrogens with one attached hydrogen (secondary N) is 2. The second-order valence-electron chi connectivity index (χ2n) is 5.06. The van der Waals surface area contributed by atoms with Crippen LogP contribution in [0.25, 0.3) is 5.57 Å². The summed E-state index contributed by atoms with van der Waals surface area (Å²) in [6.07, 6.45) is 6.91. The molecule has 0 saturated carbocycles. The molecule has 0 radical (unpaired) electrons. The summed E-state index contributed by atoms with van der Waals surface area (Å²) in [5, 5.41) is 5.03. The van der Waals surface area contributed by atoms with Gasteiger partial charge in [-0.05, 0) is 30.2 Å². The molecule has 0 atom stereocenters. The number of allylic oxidation sites excluding steroid dienone is 4. The lowest BCUT2D eigenvalue weighted by Crippen LogP contribution is -2.35. The van der Waals surface area contributed by atoms with Crippen LogP contribution in [-0.2, 0) is 14.3 Å². The molecular weight excluding hydrogens is 335 g/mol. The zero-order valence-electron chi connectivity index (χ0n) is 15.5. The molecule has 26 heavy (non-hydrogen) atoms. The van der Waals surface area contributed by atoms with Crippen molar-refractivity contribution >= 4 is 17.4 Å². The molecule has 0 heterocycles. The highest BCUT2D eigenvalue weighted by Crippen LogP contribution is 2.16. The molecule has 0 saturated heterocycles. The van der Waals surface area contributed by atoms with Crippen LogP contribution in [-0.4, -0.2) is 38.6 Å². The number of hydrogen-bond donors (Lipinski definition) is 2. The van der Waals surface area contributed by atoms with Crippen molar-refractivity contribution < 1.29 is 18.7 Å². The largest absolute Gasteiger partial charge is 0.385 e. The molecule has 0 bridgehead atoms. The van der Waals surface area contributed by atoms with E-state index in [1.165, 1.54) is 19.1 Å². The third kappa shape index (κ3) is 11.8. The van der Waals surface area contributed by atoms with Crippen molar-refractivity contribution in [3.63, 3.8) is 0 Å². The zero-order chi connectivity index (χ0) is 19.8. The van der Waals surface area contributed by atoms with Gasteiger partial charge in [-0.15, -0.1) is 0 Å². The van der Waals surface area contributed by atoms with Gasteiger partial charge in [-0.25, -0.2) is 4.39 Å². The SMILES string of the molecule is C=C/C(=C\C=C\CNC(=O)CNC(C)=O)c1cccc(F)c1.CCOC. The minimum Gasteiger partial charge on any atom is -0.385 e. The molecule has 2 amide bonds. The van der Waals surface area contributed by atoms with E-state index in [2.05, 4.69) is 21.9 Å². The average Bonchev–Trinajstić information content (AvgIpc) is 2.63. The first-order valence-corrected chi connectivity index (χ1v) is 8.19. The van der Waals surface area contributed by atoms with Crippen molar-refractivity contribution in [1.82, 2.24) is 10.6 Å². The van der Waals surface area contributed by atoms with Crippen LogP contribution < -0.4 is 10.6 Å². The van der Waals surface area contributed by atoms with Crippen LogP contribution in [0.4, 0.5) is 4.39 Å². The Labute approximate surface area is 154 Å². The van der Waals surface area contributed by atoms with Crippen LogP contribution in [0.3, 0.4) is 0 Å². The summed E-state index contributed by atoms with van der Waals surface area (Å²) in [7, 11) is 1.68. The number of benzene rings is 1. The minimum absolute atomic E-state index is 0.0415.